The molecule has 1 amide bonds. The number of ether oxygens (including phenoxy) is 1. The maximum Gasteiger partial charge on any atom is 0.280 e. The average molecular weight is 364 g/mol. The van der Waals surface area contributed by atoms with Gasteiger partial charge in [0.05, 0.1) is 17.7 Å². The van der Waals surface area contributed by atoms with Gasteiger partial charge < -0.3 is 14.1 Å². The summed E-state index contributed by atoms with van der Waals surface area (Å²) in [4.78, 5) is 27.0. The normalized spacial score (nSPS) is 16.0. The Kier molecular flexibility index (Phi) is 5.10. The Hall–Kier alpha value is -2.00. The van der Waals surface area contributed by atoms with Gasteiger partial charge in [0.1, 0.15) is 6.26 Å². The fourth-order valence-electron chi connectivity index (χ4n) is 2.20. The maximum atomic E-state index is 12.6. The van der Waals surface area contributed by atoms with Crippen LogP contribution in [0.4, 0.5) is 0 Å². The number of aryl methyl sites for hydroxylation is 1. The number of hydrogen-bond acceptors (Lipinski definition) is 8. The molecule has 1 fully saturated rings. The van der Waals surface area contributed by atoms with E-state index in [-0.39, 0.29) is 5.91 Å². The number of amides is 1. The second-order valence-electron chi connectivity index (χ2n) is 4.86. The third-order valence-corrected chi connectivity index (χ3v) is 4.91. The van der Waals surface area contributed by atoms with Crippen LogP contribution < -0.4 is 4.74 Å². The second-order valence-corrected chi connectivity index (χ2v) is 6.75. The maximum absolute atomic E-state index is 12.6. The van der Waals surface area contributed by atoms with Crippen LogP contribution in [0, 0.1) is 6.92 Å². The van der Waals surface area contributed by atoms with Gasteiger partial charge in [0, 0.05) is 25.4 Å². The van der Waals surface area contributed by atoms with Crippen molar-refractivity contribution in [2.45, 2.75) is 12.1 Å². The van der Waals surface area contributed by atoms with Crippen LogP contribution in [0.15, 0.2) is 27.1 Å². The molecular weight excluding hydrogens is 348 g/mol. The predicted molar refractivity (Wildman–Crippen MR) is 93.1 cm³/mol. The molecular formula is C15H16N4O3S2. The first-order chi connectivity index (χ1) is 11.6. The zero-order valence-corrected chi connectivity index (χ0v) is 15.1. The van der Waals surface area contributed by atoms with Crippen LogP contribution in [0.3, 0.4) is 0 Å². The standard InChI is InChI=1S/C15H16N4O3S2/c1-9-17-11(8-22-9)14(20)19-4-5-24-12(19)6-10-7-16-15(23-3)18-13(10)21-2/h6-8H,4-5H2,1-3H3/b12-6+. The number of hydrogen-bond donors (Lipinski definition) is 0. The van der Waals surface area contributed by atoms with Gasteiger partial charge in [0.25, 0.3) is 5.91 Å². The summed E-state index contributed by atoms with van der Waals surface area (Å²) in [6, 6.07) is 0. The number of aromatic nitrogens is 3. The lowest BCUT2D eigenvalue weighted by Crippen LogP contribution is -2.27. The molecule has 7 nitrogen and oxygen atoms in total. The Bertz CT molecular complexity index is 791. The molecule has 1 aliphatic heterocycles. The first kappa shape index (κ1) is 16.8. The van der Waals surface area contributed by atoms with E-state index >= 15 is 0 Å². The Morgan fingerprint density at radius 1 is 1.50 bits per heavy atom. The van der Waals surface area contributed by atoms with Gasteiger partial charge in [0.15, 0.2) is 16.7 Å². The summed E-state index contributed by atoms with van der Waals surface area (Å²) >= 11 is 3.04. The van der Waals surface area contributed by atoms with Crippen molar-refractivity contribution < 1.29 is 13.9 Å². The van der Waals surface area contributed by atoms with Crippen molar-refractivity contribution in [3.8, 4) is 5.88 Å². The molecule has 9 heteroatoms. The molecule has 2 aromatic rings. The SMILES string of the molecule is COc1nc(SC)ncc1/C=C1/SCCN1C(=O)c1coc(C)n1. The van der Waals surface area contributed by atoms with E-state index in [0.717, 1.165) is 16.3 Å². The van der Waals surface area contributed by atoms with Crippen LogP contribution in [0.1, 0.15) is 21.9 Å². The molecule has 1 aliphatic rings. The predicted octanol–water partition coefficient (Wildman–Crippen LogP) is 2.69. The average Bonchev–Trinajstić information content (AvgIpc) is 3.23. The number of carbonyl (C=O) groups excluding carboxylic acids is 1. The van der Waals surface area contributed by atoms with Crippen molar-refractivity contribution in [1.29, 1.82) is 0 Å². The smallest absolute Gasteiger partial charge is 0.280 e. The van der Waals surface area contributed by atoms with E-state index in [0.29, 0.717) is 29.2 Å². The van der Waals surface area contributed by atoms with Crippen LogP contribution in [0.5, 0.6) is 5.88 Å². The Morgan fingerprint density at radius 3 is 3.00 bits per heavy atom. The minimum Gasteiger partial charge on any atom is -0.480 e. The van der Waals surface area contributed by atoms with Crippen molar-refractivity contribution in [3.05, 3.63) is 34.6 Å². The quantitative estimate of drug-likeness (QED) is 0.605. The number of methoxy groups -OCH3 is 1. The summed E-state index contributed by atoms with van der Waals surface area (Å²) in [5, 5.41) is 1.46. The summed E-state index contributed by atoms with van der Waals surface area (Å²) in [6.07, 6.45) is 6.85. The van der Waals surface area contributed by atoms with Gasteiger partial charge in [-0.15, -0.1) is 11.8 Å². The van der Waals surface area contributed by atoms with Crippen LogP contribution >= 0.6 is 23.5 Å². The van der Waals surface area contributed by atoms with E-state index in [9.17, 15) is 4.79 Å². The number of rotatable bonds is 4. The van der Waals surface area contributed by atoms with Gasteiger partial charge in [-0.1, -0.05) is 11.8 Å². The third-order valence-electron chi connectivity index (χ3n) is 3.33. The van der Waals surface area contributed by atoms with Crippen LogP contribution in [0.2, 0.25) is 0 Å². The van der Waals surface area contributed by atoms with Gasteiger partial charge >= 0.3 is 0 Å². The molecule has 0 N–H and O–H groups in total. The zero-order chi connectivity index (χ0) is 17.1. The summed E-state index contributed by atoms with van der Waals surface area (Å²) in [5.74, 6) is 1.60. The highest BCUT2D eigenvalue weighted by Gasteiger charge is 2.27. The molecule has 0 atom stereocenters. The Morgan fingerprint density at radius 2 is 2.33 bits per heavy atom. The summed E-state index contributed by atoms with van der Waals surface area (Å²) in [7, 11) is 1.57. The lowest BCUT2D eigenvalue weighted by molar-refractivity contribution is 0.0825. The van der Waals surface area contributed by atoms with E-state index in [1.54, 1.807) is 36.9 Å². The summed E-state index contributed by atoms with van der Waals surface area (Å²) in [5.41, 5.74) is 1.04. The highest BCUT2D eigenvalue weighted by molar-refractivity contribution is 8.03. The van der Waals surface area contributed by atoms with Crippen LogP contribution in [-0.2, 0) is 0 Å². The van der Waals surface area contributed by atoms with E-state index in [1.165, 1.54) is 18.0 Å². The number of nitrogens with zero attached hydrogens (tertiary/aromatic N) is 4. The Balaban J connectivity index is 1.90. The highest BCUT2D eigenvalue weighted by Crippen LogP contribution is 2.32. The fraction of sp³-hybridized carbons (Fsp3) is 0.333. The van der Waals surface area contributed by atoms with Crippen molar-refractivity contribution >= 4 is 35.5 Å². The molecule has 3 heterocycles. The van der Waals surface area contributed by atoms with Crippen LogP contribution in [-0.4, -0.2) is 51.4 Å². The van der Waals surface area contributed by atoms with E-state index in [4.69, 9.17) is 9.15 Å². The van der Waals surface area contributed by atoms with Gasteiger partial charge in [-0.05, 0) is 12.3 Å². The molecule has 0 aromatic carbocycles. The highest BCUT2D eigenvalue weighted by atomic mass is 32.2. The lowest BCUT2D eigenvalue weighted by Gasteiger charge is -2.15. The van der Waals surface area contributed by atoms with Crippen molar-refractivity contribution in [1.82, 2.24) is 19.9 Å². The molecule has 1 saturated heterocycles. The molecule has 24 heavy (non-hydrogen) atoms. The molecule has 2 aromatic heterocycles. The first-order valence-corrected chi connectivity index (χ1v) is 9.37. The monoisotopic (exact) mass is 364 g/mol. The van der Waals surface area contributed by atoms with E-state index < -0.39 is 0 Å². The second kappa shape index (κ2) is 7.27. The Labute approximate surface area is 147 Å². The topological polar surface area (TPSA) is 81.4 Å². The molecule has 0 spiro atoms. The fourth-order valence-corrected chi connectivity index (χ4v) is 3.56. The van der Waals surface area contributed by atoms with Crippen molar-refractivity contribution in [2.24, 2.45) is 0 Å². The molecule has 3 rings (SSSR count). The zero-order valence-electron chi connectivity index (χ0n) is 13.5. The van der Waals surface area contributed by atoms with Crippen molar-refractivity contribution in [3.63, 3.8) is 0 Å². The largest absolute Gasteiger partial charge is 0.480 e. The van der Waals surface area contributed by atoms with Gasteiger partial charge in [-0.25, -0.2) is 9.97 Å². The molecule has 0 radical (unpaired) electrons. The van der Waals surface area contributed by atoms with E-state index in [2.05, 4.69) is 15.0 Å². The van der Waals surface area contributed by atoms with Gasteiger partial charge in [-0.3, -0.25) is 4.79 Å². The number of thioether (sulfide) groups is 2. The molecule has 126 valence electrons. The third kappa shape index (κ3) is 3.41. The van der Waals surface area contributed by atoms with Gasteiger partial charge in [-0.2, -0.15) is 4.98 Å². The van der Waals surface area contributed by atoms with Crippen LogP contribution in [0.25, 0.3) is 6.08 Å². The minimum absolute atomic E-state index is 0.177. The summed E-state index contributed by atoms with van der Waals surface area (Å²) < 4.78 is 10.5. The molecule has 0 aliphatic carbocycles. The minimum atomic E-state index is -0.177. The molecule has 0 unspecified atom stereocenters. The van der Waals surface area contributed by atoms with Crippen molar-refractivity contribution in [2.75, 3.05) is 25.7 Å². The molecule has 0 saturated carbocycles. The number of carbonyl (C=O) groups is 1. The van der Waals surface area contributed by atoms with Gasteiger partial charge in [0.2, 0.25) is 5.88 Å². The molecule has 0 bridgehead atoms. The van der Waals surface area contributed by atoms with E-state index in [1.807, 2.05) is 12.3 Å². The summed E-state index contributed by atoms with van der Waals surface area (Å²) in [6.45, 7) is 2.33. The lowest BCUT2D eigenvalue weighted by atomic mass is 10.3. The first-order valence-electron chi connectivity index (χ1n) is 7.16. The number of oxazole rings is 1.